The predicted molar refractivity (Wildman–Crippen MR) is 87.7 cm³/mol. The highest BCUT2D eigenvalue weighted by atomic mass is 19.1. The second kappa shape index (κ2) is 6.69. The van der Waals surface area contributed by atoms with E-state index in [1.807, 2.05) is 25.7 Å². The van der Waals surface area contributed by atoms with Crippen LogP contribution in [0.3, 0.4) is 0 Å². The second-order valence-electron chi connectivity index (χ2n) is 7.15. The van der Waals surface area contributed by atoms with Crippen LogP contribution in [0.25, 0.3) is 0 Å². The van der Waals surface area contributed by atoms with Crippen LogP contribution in [-0.4, -0.2) is 47.8 Å². The first-order chi connectivity index (χ1) is 10.7. The van der Waals surface area contributed by atoms with E-state index in [1.165, 1.54) is 12.1 Å². The number of hydrogen-bond acceptors (Lipinski definition) is 2. The fourth-order valence-corrected chi connectivity index (χ4v) is 2.76. The lowest BCUT2D eigenvalue weighted by atomic mass is 9.94. The van der Waals surface area contributed by atoms with Gasteiger partial charge in [-0.05, 0) is 37.1 Å². The second-order valence-corrected chi connectivity index (χ2v) is 7.15. The molecule has 0 spiro atoms. The van der Waals surface area contributed by atoms with Gasteiger partial charge in [-0.3, -0.25) is 9.59 Å². The molecule has 1 aliphatic rings. The zero-order chi connectivity index (χ0) is 17.2. The van der Waals surface area contributed by atoms with Gasteiger partial charge in [0.2, 0.25) is 5.91 Å². The monoisotopic (exact) mass is 320 g/mol. The minimum Gasteiger partial charge on any atom is -0.340 e. The molecule has 1 fully saturated rings. The van der Waals surface area contributed by atoms with E-state index in [9.17, 15) is 14.0 Å². The Morgan fingerprint density at radius 3 is 2.26 bits per heavy atom. The first-order valence-corrected chi connectivity index (χ1v) is 8.05. The Hall–Kier alpha value is -1.91. The number of amides is 2. The molecule has 2 rings (SSSR count). The summed E-state index contributed by atoms with van der Waals surface area (Å²) < 4.78 is 13.4. The minimum absolute atomic E-state index is 0.0989. The Morgan fingerprint density at radius 1 is 1.04 bits per heavy atom. The fraction of sp³-hybridized carbons (Fsp3) is 0.556. The van der Waals surface area contributed by atoms with Gasteiger partial charge in [0, 0.05) is 37.2 Å². The van der Waals surface area contributed by atoms with Crippen LogP contribution in [-0.2, 0) is 4.79 Å². The smallest absolute Gasteiger partial charge is 0.253 e. The molecule has 0 radical (unpaired) electrons. The molecule has 126 valence electrons. The van der Waals surface area contributed by atoms with Gasteiger partial charge in [0.15, 0.2) is 0 Å². The third-order valence-corrected chi connectivity index (χ3v) is 4.12. The highest BCUT2D eigenvalue weighted by molar-refractivity contribution is 5.94. The summed E-state index contributed by atoms with van der Waals surface area (Å²) >= 11 is 0. The van der Waals surface area contributed by atoms with Crippen molar-refractivity contribution in [1.29, 1.82) is 0 Å². The van der Waals surface area contributed by atoms with E-state index < -0.39 is 5.41 Å². The van der Waals surface area contributed by atoms with Crippen molar-refractivity contribution in [3.63, 3.8) is 0 Å². The van der Waals surface area contributed by atoms with Crippen molar-refractivity contribution in [2.75, 3.05) is 26.2 Å². The van der Waals surface area contributed by atoms with Crippen molar-refractivity contribution in [3.8, 4) is 0 Å². The molecule has 0 N–H and O–H groups in total. The number of carbonyl (C=O) groups excluding carboxylic acids is 2. The molecule has 0 unspecified atom stereocenters. The Kier molecular flexibility index (Phi) is 5.07. The SMILES string of the molecule is Cc1cc(C(=O)N2CCCN(C(=O)C(C)(C)C)CC2)ccc1F. The fourth-order valence-electron chi connectivity index (χ4n) is 2.76. The number of halogens is 1. The summed E-state index contributed by atoms with van der Waals surface area (Å²) in [5.41, 5.74) is 0.558. The number of aryl methyl sites for hydroxylation is 1. The zero-order valence-electron chi connectivity index (χ0n) is 14.4. The maximum absolute atomic E-state index is 13.4. The molecular weight excluding hydrogens is 295 g/mol. The number of carbonyl (C=O) groups is 2. The molecule has 1 aliphatic heterocycles. The van der Waals surface area contributed by atoms with Crippen LogP contribution in [0.2, 0.25) is 0 Å². The van der Waals surface area contributed by atoms with Crippen LogP contribution >= 0.6 is 0 Å². The number of hydrogen-bond donors (Lipinski definition) is 0. The molecule has 0 saturated carbocycles. The van der Waals surface area contributed by atoms with Gasteiger partial charge in [0.25, 0.3) is 5.91 Å². The molecule has 23 heavy (non-hydrogen) atoms. The van der Waals surface area contributed by atoms with Gasteiger partial charge in [-0.25, -0.2) is 4.39 Å². The number of benzene rings is 1. The van der Waals surface area contributed by atoms with Crippen molar-refractivity contribution >= 4 is 11.8 Å². The van der Waals surface area contributed by atoms with Crippen molar-refractivity contribution in [3.05, 3.63) is 35.1 Å². The van der Waals surface area contributed by atoms with E-state index in [0.717, 1.165) is 6.42 Å². The molecule has 0 atom stereocenters. The molecule has 0 aromatic heterocycles. The standard InChI is InChI=1S/C18H25FN2O2/c1-13-12-14(6-7-15(13)19)16(22)20-8-5-9-21(11-10-20)17(23)18(2,3)4/h6-7,12H,5,8-11H2,1-4H3. The Bertz CT molecular complexity index is 608. The number of nitrogens with zero attached hydrogens (tertiary/aromatic N) is 2. The first kappa shape index (κ1) is 17.4. The molecule has 5 heteroatoms. The summed E-state index contributed by atoms with van der Waals surface area (Å²) in [5.74, 6) is -0.290. The van der Waals surface area contributed by atoms with E-state index in [4.69, 9.17) is 0 Å². The average Bonchev–Trinajstić information content (AvgIpc) is 2.73. The molecular formula is C18H25FN2O2. The van der Waals surface area contributed by atoms with Gasteiger partial charge in [-0.15, -0.1) is 0 Å². The van der Waals surface area contributed by atoms with Crippen molar-refractivity contribution in [1.82, 2.24) is 9.80 Å². The Balaban J connectivity index is 2.06. The van der Waals surface area contributed by atoms with Gasteiger partial charge in [-0.2, -0.15) is 0 Å². The molecule has 1 heterocycles. The van der Waals surface area contributed by atoms with Crippen LogP contribution in [0.4, 0.5) is 4.39 Å². The van der Waals surface area contributed by atoms with Crippen LogP contribution in [0, 0.1) is 18.2 Å². The summed E-state index contributed by atoms with van der Waals surface area (Å²) in [7, 11) is 0. The van der Waals surface area contributed by atoms with E-state index in [-0.39, 0.29) is 17.6 Å². The average molecular weight is 320 g/mol. The summed E-state index contributed by atoms with van der Waals surface area (Å²) in [4.78, 5) is 28.6. The lowest BCUT2D eigenvalue weighted by molar-refractivity contribution is -0.139. The summed E-state index contributed by atoms with van der Waals surface area (Å²) in [6.45, 7) is 9.71. The van der Waals surface area contributed by atoms with Gasteiger partial charge < -0.3 is 9.80 Å². The summed E-state index contributed by atoms with van der Waals surface area (Å²) in [5, 5.41) is 0. The largest absolute Gasteiger partial charge is 0.340 e. The summed E-state index contributed by atoms with van der Waals surface area (Å²) in [6.07, 6.45) is 0.758. The number of rotatable bonds is 1. The van der Waals surface area contributed by atoms with Crippen LogP contribution in [0.15, 0.2) is 18.2 Å². The highest BCUT2D eigenvalue weighted by Crippen LogP contribution is 2.19. The molecule has 4 nitrogen and oxygen atoms in total. The highest BCUT2D eigenvalue weighted by Gasteiger charge is 2.29. The quantitative estimate of drug-likeness (QED) is 0.798. The van der Waals surface area contributed by atoms with Crippen molar-refractivity contribution < 1.29 is 14.0 Å². The molecule has 0 aliphatic carbocycles. The molecule has 1 aromatic rings. The topological polar surface area (TPSA) is 40.6 Å². The summed E-state index contributed by atoms with van der Waals surface area (Å²) in [6, 6.07) is 4.43. The van der Waals surface area contributed by atoms with E-state index in [1.54, 1.807) is 17.9 Å². The zero-order valence-corrected chi connectivity index (χ0v) is 14.4. The van der Waals surface area contributed by atoms with Crippen LogP contribution < -0.4 is 0 Å². The lowest BCUT2D eigenvalue weighted by Crippen LogP contribution is -2.42. The molecule has 1 saturated heterocycles. The maximum Gasteiger partial charge on any atom is 0.253 e. The maximum atomic E-state index is 13.4. The molecule has 0 bridgehead atoms. The first-order valence-electron chi connectivity index (χ1n) is 8.05. The normalized spacial score (nSPS) is 16.2. The Labute approximate surface area is 137 Å². The third kappa shape index (κ3) is 4.09. The van der Waals surface area contributed by atoms with E-state index >= 15 is 0 Å². The van der Waals surface area contributed by atoms with Crippen molar-refractivity contribution in [2.24, 2.45) is 5.41 Å². The van der Waals surface area contributed by atoms with Gasteiger partial charge >= 0.3 is 0 Å². The van der Waals surface area contributed by atoms with Gasteiger partial charge in [-0.1, -0.05) is 20.8 Å². The minimum atomic E-state index is -0.409. The predicted octanol–water partition coefficient (Wildman–Crippen LogP) is 2.85. The molecule has 1 aromatic carbocycles. The van der Waals surface area contributed by atoms with Crippen LogP contribution in [0.1, 0.15) is 43.1 Å². The van der Waals surface area contributed by atoms with Gasteiger partial charge in [0.05, 0.1) is 0 Å². The lowest BCUT2D eigenvalue weighted by Gasteiger charge is -2.28. The Morgan fingerprint density at radius 2 is 1.65 bits per heavy atom. The molecule has 2 amide bonds. The van der Waals surface area contributed by atoms with Gasteiger partial charge in [0.1, 0.15) is 5.82 Å². The van der Waals surface area contributed by atoms with E-state index in [0.29, 0.717) is 37.3 Å². The van der Waals surface area contributed by atoms with Crippen LogP contribution in [0.5, 0.6) is 0 Å². The van der Waals surface area contributed by atoms with E-state index in [2.05, 4.69) is 0 Å². The van der Waals surface area contributed by atoms with Crippen molar-refractivity contribution in [2.45, 2.75) is 34.1 Å². The third-order valence-electron chi connectivity index (χ3n) is 4.12.